The van der Waals surface area contributed by atoms with Crippen molar-refractivity contribution in [2.75, 3.05) is 10.6 Å². The molecular formula is C16H15ClN4O2S. The predicted molar refractivity (Wildman–Crippen MR) is 97.2 cm³/mol. The number of thiazole rings is 1. The molecular weight excluding hydrogens is 348 g/mol. The number of nitrogens with zero attached hydrogens (tertiary/aromatic N) is 2. The molecule has 8 heteroatoms. The lowest BCUT2D eigenvalue weighted by atomic mass is 10.2. The van der Waals surface area contributed by atoms with Crippen LogP contribution in [0, 0.1) is 6.92 Å². The highest BCUT2D eigenvalue weighted by Crippen LogP contribution is 2.26. The van der Waals surface area contributed by atoms with E-state index >= 15 is 0 Å². The van der Waals surface area contributed by atoms with Crippen LogP contribution in [0.2, 0.25) is 5.02 Å². The molecule has 124 valence electrons. The maximum atomic E-state index is 12.2. The summed E-state index contributed by atoms with van der Waals surface area (Å²) in [4.78, 5) is 28.6. The molecule has 0 fully saturated rings. The highest BCUT2D eigenvalue weighted by Gasteiger charge is 2.09. The Labute approximate surface area is 147 Å². The van der Waals surface area contributed by atoms with Crippen molar-refractivity contribution < 1.29 is 4.79 Å². The third-order valence-electron chi connectivity index (χ3n) is 3.38. The van der Waals surface area contributed by atoms with E-state index in [4.69, 9.17) is 11.6 Å². The number of aromatic nitrogens is 2. The number of amides is 1. The van der Waals surface area contributed by atoms with Crippen LogP contribution in [-0.4, -0.2) is 15.3 Å². The number of nitrogens with one attached hydrogen (secondary N) is 2. The number of anilines is 2. The van der Waals surface area contributed by atoms with Crippen LogP contribution in [0.25, 0.3) is 4.96 Å². The standard InChI is InChI=1S/C16H15ClN4O2S/c1-9-8-24-16-20-12(6-15(23)21(9)16)7-18-14-5-11(17)3-4-13(14)19-10(2)22/h3-6,8,18H,7H2,1-2H3,(H,19,22). The van der Waals surface area contributed by atoms with Gasteiger partial charge in [-0.15, -0.1) is 11.3 Å². The van der Waals surface area contributed by atoms with Gasteiger partial charge in [0.2, 0.25) is 5.91 Å². The molecule has 2 aromatic heterocycles. The normalized spacial score (nSPS) is 10.8. The number of carbonyl (C=O) groups excluding carboxylic acids is 1. The smallest absolute Gasteiger partial charge is 0.259 e. The molecule has 3 aromatic rings. The fourth-order valence-electron chi connectivity index (χ4n) is 2.34. The van der Waals surface area contributed by atoms with Gasteiger partial charge in [0, 0.05) is 29.1 Å². The van der Waals surface area contributed by atoms with Gasteiger partial charge in [-0.1, -0.05) is 11.6 Å². The molecule has 2 heterocycles. The summed E-state index contributed by atoms with van der Waals surface area (Å²) in [5.41, 5.74) is 2.67. The van der Waals surface area contributed by atoms with Crippen molar-refractivity contribution in [3.8, 4) is 0 Å². The maximum absolute atomic E-state index is 12.2. The second-order valence-electron chi connectivity index (χ2n) is 5.31. The molecule has 0 aliphatic carbocycles. The largest absolute Gasteiger partial charge is 0.378 e. The van der Waals surface area contributed by atoms with Crippen molar-refractivity contribution in [2.45, 2.75) is 20.4 Å². The molecule has 0 radical (unpaired) electrons. The number of benzene rings is 1. The van der Waals surface area contributed by atoms with E-state index in [2.05, 4.69) is 15.6 Å². The molecule has 0 saturated carbocycles. The number of rotatable bonds is 4. The first-order chi connectivity index (χ1) is 11.4. The Kier molecular flexibility index (Phi) is 4.55. The number of hydrogen-bond acceptors (Lipinski definition) is 5. The Bertz CT molecular complexity index is 980. The molecule has 0 unspecified atom stereocenters. The van der Waals surface area contributed by atoms with E-state index in [0.717, 1.165) is 5.69 Å². The molecule has 0 spiro atoms. The number of carbonyl (C=O) groups is 1. The quantitative estimate of drug-likeness (QED) is 0.746. The van der Waals surface area contributed by atoms with Crippen molar-refractivity contribution in [3.05, 3.63) is 56.4 Å². The van der Waals surface area contributed by atoms with E-state index in [0.29, 0.717) is 33.6 Å². The van der Waals surface area contributed by atoms with E-state index < -0.39 is 0 Å². The molecule has 1 amide bonds. The predicted octanol–water partition coefficient (Wildman–Crippen LogP) is 3.29. The van der Waals surface area contributed by atoms with Crippen LogP contribution in [0.1, 0.15) is 18.3 Å². The minimum absolute atomic E-state index is 0.108. The summed E-state index contributed by atoms with van der Waals surface area (Å²) in [5, 5.41) is 8.35. The van der Waals surface area contributed by atoms with Crippen LogP contribution in [0.4, 0.5) is 11.4 Å². The average molecular weight is 363 g/mol. The Hall–Kier alpha value is -2.38. The molecule has 0 aliphatic rings. The van der Waals surface area contributed by atoms with Gasteiger partial charge < -0.3 is 10.6 Å². The molecule has 0 aliphatic heterocycles. The highest BCUT2D eigenvalue weighted by atomic mass is 35.5. The van der Waals surface area contributed by atoms with Crippen LogP contribution >= 0.6 is 22.9 Å². The van der Waals surface area contributed by atoms with Crippen LogP contribution < -0.4 is 16.2 Å². The highest BCUT2D eigenvalue weighted by molar-refractivity contribution is 7.15. The zero-order valence-corrected chi connectivity index (χ0v) is 14.7. The third kappa shape index (κ3) is 3.42. The Balaban J connectivity index is 1.87. The first-order valence-corrected chi connectivity index (χ1v) is 8.47. The van der Waals surface area contributed by atoms with Crippen LogP contribution in [-0.2, 0) is 11.3 Å². The van der Waals surface area contributed by atoms with Crippen molar-refractivity contribution in [3.63, 3.8) is 0 Å². The van der Waals surface area contributed by atoms with Crippen LogP contribution in [0.5, 0.6) is 0 Å². The third-order valence-corrected chi connectivity index (χ3v) is 4.56. The Morgan fingerprint density at radius 3 is 2.88 bits per heavy atom. The molecule has 1 aromatic carbocycles. The lowest BCUT2D eigenvalue weighted by Gasteiger charge is -2.12. The summed E-state index contributed by atoms with van der Waals surface area (Å²) in [7, 11) is 0. The van der Waals surface area contributed by atoms with Crippen LogP contribution in [0.3, 0.4) is 0 Å². The van der Waals surface area contributed by atoms with Gasteiger partial charge in [-0.25, -0.2) is 4.98 Å². The van der Waals surface area contributed by atoms with Crippen LogP contribution in [0.15, 0.2) is 34.4 Å². The zero-order valence-electron chi connectivity index (χ0n) is 13.1. The van der Waals surface area contributed by atoms with Gasteiger partial charge in [0.25, 0.3) is 5.56 Å². The van der Waals surface area contributed by atoms with Crippen molar-refractivity contribution in [2.24, 2.45) is 0 Å². The summed E-state index contributed by atoms with van der Waals surface area (Å²) in [6, 6.07) is 6.64. The zero-order chi connectivity index (χ0) is 17.3. The average Bonchev–Trinajstić information content (AvgIpc) is 2.89. The van der Waals surface area contributed by atoms with Gasteiger partial charge in [-0.3, -0.25) is 14.0 Å². The fourth-order valence-corrected chi connectivity index (χ4v) is 3.40. The van der Waals surface area contributed by atoms with Gasteiger partial charge in [-0.05, 0) is 25.1 Å². The lowest BCUT2D eigenvalue weighted by molar-refractivity contribution is -0.114. The van der Waals surface area contributed by atoms with Gasteiger partial charge in [0.05, 0.1) is 23.6 Å². The first-order valence-electron chi connectivity index (χ1n) is 7.22. The second-order valence-corrected chi connectivity index (χ2v) is 6.58. The van der Waals surface area contributed by atoms with E-state index in [-0.39, 0.29) is 11.5 Å². The Morgan fingerprint density at radius 2 is 2.12 bits per heavy atom. The Morgan fingerprint density at radius 1 is 1.33 bits per heavy atom. The van der Waals surface area contributed by atoms with Gasteiger partial charge in [-0.2, -0.15) is 0 Å². The summed E-state index contributed by atoms with van der Waals surface area (Å²) in [6.45, 7) is 3.65. The van der Waals surface area contributed by atoms with E-state index in [1.165, 1.54) is 24.3 Å². The lowest BCUT2D eigenvalue weighted by Crippen LogP contribution is -2.16. The second kappa shape index (κ2) is 6.62. The van der Waals surface area contributed by atoms with Gasteiger partial charge >= 0.3 is 0 Å². The number of halogens is 1. The summed E-state index contributed by atoms with van der Waals surface area (Å²) >= 11 is 7.45. The molecule has 0 bridgehead atoms. The number of fused-ring (bicyclic) bond motifs is 1. The van der Waals surface area contributed by atoms with Crippen molar-refractivity contribution in [1.29, 1.82) is 0 Å². The fraction of sp³-hybridized carbons (Fsp3) is 0.188. The SMILES string of the molecule is CC(=O)Nc1ccc(Cl)cc1NCc1cc(=O)n2c(C)csc2n1. The topological polar surface area (TPSA) is 75.5 Å². The molecule has 6 nitrogen and oxygen atoms in total. The number of aryl methyl sites for hydroxylation is 1. The van der Waals surface area contributed by atoms with Gasteiger partial charge in [0.15, 0.2) is 4.96 Å². The van der Waals surface area contributed by atoms with E-state index in [1.54, 1.807) is 22.6 Å². The number of hydrogen-bond donors (Lipinski definition) is 2. The molecule has 2 N–H and O–H groups in total. The summed E-state index contributed by atoms with van der Waals surface area (Å²) in [6.07, 6.45) is 0. The van der Waals surface area contributed by atoms with Gasteiger partial charge in [0.1, 0.15) is 0 Å². The summed E-state index contributed by atoms with van der Waals surface area (Å²) in [5.74, 6) is -0.174. The molecule has 3 rings (SSSR count). The molecule has 0 saturated heterocycles. The first kappa shape index (κ1) is 16.5. The molecule has 24 heavy (non-hydrogen) atoms. The summed E-state index contributed by atoms with van der Waals surface area (Å²) < 4.78 is 1.58. The minimum Gasteiger partial charge on any atom is -0.378 e. The van der Waals surface area contributed by atoms with E-state index in [1.807, 2.05) is 12.3 Å². The van der Waals surface area contributed by atoms with E-state index in [9.17, 15) is 9.59 Å². The molecule has 0 atom stereocenters. The van der Waals surface area contributed by atoms with Crippen molar-refractivity contribution in [1.82, 2.24) is 9.38 Å². The maximum Gasteiger partial charge on any atom is 0.259 e. The van der Waals surface area contributed by atoms with Crippen molar-refractivity contribution >= 4 is 45.2 Å². The monoisotopic (exact) mass is 362 g/mol. The minimum atomic E-state index is -0.174.